The van der Waals surface area contributed by atoms with Gasteiger partial charge < -0.3 is 10.4 Å². The number of halogens is 1. The molecule has 3 rings (SSSR count). The van der Waals surface area contributed by atoms with Crippen LogP contribution < -0.4 is 10.9 Å². The van der Waals surface area contributed by atoms with Gasteiger partial charge in [0.25, 0.3) is 5.56 Å². The molecule has 6 nitrogen and oxygen atoms in total. The van der Waals surface area contributed by atoms with Crippen molar-refractivity contribution in [3.63, 3.8) is 0 Å². The van der Waals surface area contributed by atoms with E-state index in [9.17, 15) is 14.7 Å². The number of hydrogen-bond donors (Lipinski definition) is 2. The topological polar surface area (TPSA) is 84.2 Å². The zero-order valence-corrected chi connectivity index (χ0v) is 16.2. The molecular formula is C17H16ClN3O3S2. The van der Waals surface area contributed by atoms with E-state index in [1.165, 1.54) is 15.9 Å². The van der Waals surface area contributed by atoms with Crippen LogP contribution in [0.25, 0.3) is 10.2 Å². The SMILES string of the molecule is Cc1ccc(NC(=O)CSc2nc3ccsc3c(=O)n2CCO)c(Cl)c1. The number of thiophene rings is 1. The number of aromatic nitrogens is 2. The van der Waals surface area contributed by atoms with Crippen LogP contribution in [0.3, 0.4) is 0 Å². The summed E-state index contributed by atoms with van der Waals surface area (Å²) in [6, 6.07) is 7.15. The number of nitrogens with one attached hydrogen (secondary N) is 1. The van der Waals surface area contributed by atoms with Gasteiger partial charge in [-0.2, -0.15) is 0 Å². The minimum absolute atomic E-state index is 0.0672. The van der Waals surface area contributed by atoms with E-state index in [0.29, 0.717) is 26.1 Å². The van der Waals surface area contributed by atoms with Gasteiger partial charge in [-0.3, -0.25) is 14.2 Å². The van der Waals surface area contributed by atoms with Crippen LogP contribution in [0.2, 0.25) is 5.02 Å². The second-order valence-corrected chi connectivity index (χ2v) is 7.80. The lowest BCUT2D eigenvalue weighted by atomic mass is 10.2. The van der Waals surface area contributed by atoms with E-state index in [-0.39, 0.29) is 30.4 Å². The number of amides is 1. The third kappa shape index (κ3) is 4.09. The highest BCUT2D eigenvalue weighted by Crippen LogP contribution is 2.24. The normalized spacial score (nSPS) is 11.0. The monoisotopic (exact) mass is 409 g/mol. The lowest BCUT2D eigenvalue weighted by Gasteiger charge is -2.11. The van der Waals surface area contributed by atoms with Crippen LogP contribution in [-0.2, 0) is 11.3 Å². The fraction of sp³-hybridized carbons (Fsp3) is 0.235. The molecule has 0 radical (unpaired) electrons. The molecule has 1 aromatic carbocycles. The van der Waals surface area contributed by atoms with Crippen LogP contribution in [0.1, 0.15) is 5.56 Å². The average Bonchev–Trinajstić information content (AvgIpc) is 3.07. The molecule has 0 unspecified atom stereocenters. The number of anilines is 1. The highest BCUT2D eigenvalue weighted by molar-refractivity contribution is 7.99. The first-order chi connectivity index (χ1) is 12.5. The van der Waals surface area contributed by atoms with Crippen molar-refractivity contribution in [1.82, 2.24) is 9.55 Å². The third-order valence-electron chi connectivity index (χ3n) is 3.59. The van der Waals surface area contributed by atoms with Gasteiger partial charge in [-0.1, -0.05) is 29.4 Å². The maximum atomic E-state index is 12.5. The Morgan fingerprint density at radius 1 is 1.42 bits per heavy atom. The van der Waals surface area contributed by atoms with E-state index in [0.717, 1.165) is 17.3 Å². The summed E-state index contributed by atoms with van der Waals surface area (Å²) in [5.74, 6) is -0.187. The predicted molar refractivity (Wildman–Crippen MR) is 107 cm³/mol. The molecule has 0 saturated heterocycles. The van der Waals surface area contributed by atoms with Crippen LogP contribution in [0, 0.1) is 6.92 Å². The summed E-state index contributed by atoms with van der Waals surface area (Å²) in [4.78, 5) is 29.2. The molecule has 26 heavy (non-hydrogen) atoms. The van der Waals surface area contributed by atoms with Gasteiger partial charge in [-0.15, -0.1) is 11.3 Å². The van der Waals surface area contributed by atoms with Crippen LogP contribution in [-0.4, -0.2) is 32.9 Å². The summed E-state index contributed by atoms with van der Waals surface area (Å²) in [5, 5.41) is 14.6. The molecule has 2 N–H and O–H groups in total. The molecule has 136 valence electrons. The van der Waals surface area contributed by atoms with E-state index in [4.69, 9.17) is 11.6 Å². The number of hydrogen-bond acceptors (Lipinski definition) is 6. The Labute approximate surface area is 162 Å². The van der Waals surface area contributed by atoms with E-state index in [1.54, 1.807) is 23.6 Å². The van der Waals surface area contributed by atoms with Gasteiger partial charge in [-0.05, 0) is 36.1 Å². The fourth-order valence-electron chi connectivity index (χ4n) is 2.37. The van der Waals surface area contributed by atoms with Crippen LogP contribution in [0.4, 0.5) is 5.69 Å². The lowest BCUT2D eigenvalue weighted by molar-refractivity contribution is -0.113. The highest BCUT2D eigenvalue weighted by Gasteiger charge is 2.14. The van der Waals surface area contributed by atoms with E-state index in [2.05, 4.69) is 10.3 Å². The fourth-order valence-corrected chi connectivity index (χ4v) is 4.25. The van der Waals surface area contributed by atoms with Crippen molar-refractivity contribution in [3.05, 3.63) is 50.6 Å². The van der Waals surface area contributed by atoms with Crippen molar-refractivity contribution in [3.8, 4) is 0 Å². The van der Waals surface area contributed by atoms with Gasteiger partial charge >= 0.3 is 0 Å². The van der Waals surface area contributed by atoms with E-state index in [1.807, 2.05) is 13.0 Å². The number of carbonyl (C=O) groups is 1. The summed E-state index contributed by atoms with van der Waals surface area (Å²) in [6.07, 6.45) is 0. The smallest absolute Gasteiger partial charge is 0.272 e. The molecule has 9 heteroatoms. The van der Waals surface area contributed by atoms with Crippen molar-refractivity contribution in [1.29, 1.82) is 0 Å². The molecule has 0 saturated carbocycles. The number of nitrogens with zero attached hydrogens (tertiary/aromatic N) is 2. The Morgan fingerprint density at radius 2 is 2.23 bits per heavy atom. The molecule has 2 aromatic heterocycles. The van der Waals surface area contributed by atoms with Crippen LogP contribution >= 0.6 is 34.7 Å². The van der Waals surface area contributed by atoms with Crippen LogP contribution in [0.5, 0.6) is 0 Å². The highest BCUT2D eigenvalue weighted by atomic mass is 35.5. The molecule has 0 spiro atoms. The Kier molecular flexibility index (Phi) is 5.98. The summed E-state index contributed by atoms with van der Waals surface area (Å²) >= 11 is 8.58. The quantitative estimate of drug-likeness (QED) is 0.482. The zero-order valence-electron chi connectivity index (χ0n) is 13.9. The molecule has 3 aromatic rings. The van der Waals surface area contributed by atoms with Gasteiger partial charge in [0, 0.05) is 0 Å². The summed E-state index contributed by atoms with van der Waals surface area (Å²) in [5.41, 5.74) is 1.93. The Bertz CT molecular complexity index is 1020. The van der Waals surface area contributed by atoms with Gasteiger partial charge in [-0.25, -0.2) is 4.98 Å². The Balaban J connectivity index is 1.77. The third-order valence-corrected chi connectivity index (χ3v) is 5.77. The first kappa shape index (κ1) is 18.9. The minimum Gasteiger partial charge on any atom is -0.395 e. The molecule has 0 atom stereocenters. The lowest BCUT2D eigenvalue weighted by Crippen LogP contribution is -2.25. The molecule has 0 aliphatic rings. The second kappa shape index (κ2) is 8.22. The van der Waals surface area contributed by atoms with Crippen molar-refractivity contribution < 1.29 is 9.90 Å². The number of fused-ring (bicyclic) bond motifs is 1. The second-order valence-electron chi connectivity index (χ2n) is 5.53. The van der Waals surface area contributed by atoms with E-state index >= 15 is 0 Å². The number of aliphatic hydroxyl groups excluding tert-OH is 1. The average molecular weight is 410 g/mol. The maximum Gasteiger partial charge on any atom is 0.272 e. The van der Waals surface area contributed by atoms with Crippen molar-refractivity contribution in [2.45, 2.75) is 18.6 Å². The maximum absolute atomic E-state index is 12.5. The number of aliphatic hydroxyl groups is 1. The van der Waals surface area contributed by atoms with Gasteiger partial charge in [0.15, 0.2) is 5.16 Å². The van der Waals surface area contributed by atoms with E-state index < -0.39 is 0 Å². The van der Waals surface area contributed by atoms with Gasteiger partial charge in [0.05, 0.1) is 35.1 Å². The molecule has 2 heterocycles. The Hall–Kier alpha value is -1.87. The molecule has 0 fully saturated rings. The van der Waals surface area contributed by atoms with Crippen molar-refractivity contribution >= 4 is 56.5 Å². The Morgan fingerprint density at radius 3 is 2.96 bits per heavy atom. The largest absolute Gasteiger partial charge is 0.395 e. The number of aryl methyl sites for hydroxylation is 1. The van der Waals surface area contributed by atoms with Gasteiger partial charge in [0.2, 0.25) is 5.91 Å². The van der Waals surface area contributed by atoms with Gasteiger partial charge in [0.1, 0.15) is 4.70 Å². The number of rotatable bonds is 6. The first-order valence-corrected chi connectivity index (χ1v) is 10.0. The molecule has 0 bridgehead atoms. The number of carbonyl (C=O) groups excluding carboxylic acids is 1. The molecule has 0 aliphatic carbocycles. The van der Waals surface area contributed by atoms with Crippen molar-refractivity contribution in [2.75, 3.05) is 17.7 Å². The summed E-state index contributed by atoms with van der Waals surface area (Å²) in [7, 11) is 0. The molecule has 1 amide bonds. The number of benzene rings is 1. The predicted octanol–water partition coefficient (Wildman–Crippen LogP) is 3.14. The standard InChI is InChI=1S/C17H16ClN3O3S2/c1-10-2-3-12(11(18)8-10)19-14(23)9-26-17-20-13-4-7-25-15(13)16(24)21(17)5-6-22/h2-4,7-8,22H,5-6,9H2,1H3,(H,19,23). The number of thioether (sulfide) groups is 1. The summed E-state index contributed by atoms with van der Waals surface area (Å²) < 4.78 is 1.94. The first-order valence-electron chi connectivity index (χ1n) is 7.77. The molecule has 0 aliphatic heterocycles. The minimum atomic E-state index is -0.254. The van der Waals surface area contributed by atoms with Crippen LogP contribution in [0.15, 0.2) is 39.6 Å². The van der Waals surface area contributed by atoms with Crippen molar-refractivity contribution in [2.24, 2.45) is 0 Å². The zero-order chi connectivity index (χ0) is 18.7. The summed E-state index contributed by atoms with van der Waals surface area (Å²) in [6.45, 7) is 1.87. The molecular weight excluding hydrogens is 394 g/mol.